The van der Waals surface area contributed by atoms with Gasteiger partial charge in [-0.1, -0.05) is 0 Å². The van der Waals surface area contributed by atoms with Crippen LogP contribution in [0.5, 0.6) is 5.75 Å². The fourth-order valence-electron chi connectivity index (χ4n) is 3.35. The van der Waals surface area contributed by atoms with Gasteiger partial charge >= 0.3 is 0 Å². The number of hydrogen-bond donors (Lipinski definition) is 3. The molecular weight excluding hydrogens is 352 g/mol. The second kappa shape index (κ2) is 8.92. The van der Waals surface area contributed by atoms with Crippen molar-refractivity contribution in [3.63, 3.8) is 0 Å². The van der Waals surface area contributed by atoms with Gasteiger partial charge in [-0.15, -0.1) is 0 Å². The summed E-state index contributed by atoms with van der Waals surface area (Å²) in [6, 6.07) is 11.5. The number of hydrogen-bond acceptors (Lipinski definition) is 2. The second-order valence-corrected chi connectivity index (χ2v) is 6.88. The summed E-state index contributed by atoms with van der Waals surface area (Å²) in [5.41, 5.74) is 1.55. The number of carbonyl (C=O) groups excluding carboxylic acids is 1. The number of methoxy groups -OCH3 is 1. The van der Waals surface area contributed by atoms with Gasteiger partial charge in [-0.05, 0) is 36.4 Å². The molecule has 0 aliphatic carbocycles. The minimum Gasteiger partial charge on any atom is -0.497 e. The summed E-state index contributed by atoms with van der Waals surface area (Å²) in [6.45, 7) is 5.06. The van der Waals surface area contributed by atoms with E-state index in [1.54, 1.807) is 7.11 Å². The van der Waals surface area contributed by atoms with Crippen LogP contribution in [0.4, 0.5) is 14.5 Å². The Kier molecular flexibility index (Phi) is 6.36. The van der Waals surface area contributed by atoms with Gasteiger partial charge in [0, 0.05) is 17.3 Å². The number of halogens is 2. The summed E-state index contributed by atoms with van der Waals surface area (Å²) in [6.07, 6.45) is 0. The highest BCUT2D eigenvalue weighted by atomic mass is 19.2. The summed E-state index contributed by atoms with van der Waals surface area (Å²) in [7, 11) is 1.66. The summed E-state index contributed by atoms with van der Waals surface area (Å²) < 4.78 is 31.3. The van der Waals surface area contributed by atoms with Crippen LogP contribution < -0.4 is 19.9 Å². The summed E-state index contributed by atoms with van der Waals surface area (Å²) in [5, 5.41) is 2.63. The van der Waals surface area contributed by atoms with Crippen LogP contribution in [0.2, 0.25) is 0 Å². The van der Waals surface area contributed by atoms with Crippen molar-refractivity contribution in [2.75, 3.05) is 45.2 Å². The van der Waals surface area contributed by atoms with Gasteiger partial charge in [-0.25, -0.2) is 8.78 Å². The topological polar surface area (TPSA) is 47.2 Å². The quantitative estimate of drug-likeness (QED) is 0.658. The number of amides is 1. The first-order valence-electron chi connectivity index (χ1n) is 9.08. The molecule has 7 heteroatoms. The molecule has 2 aromatic rings. The molecule has 0 spiro atoms. The first kappa shape index (κ1) is 19.3. The lowest BCUT2D eigenvalue weighted by Gasteiger charge is -2.29. The molecule has 1 heterocycles. The number of nitrogens with one attached hydrogen (secondary N) is 3. The molecular formula is C20H25F2N3O2+2. The van der Waals surface area contributed by atoms with E-state index >= 15 is 0 Å². The summed E-state index contributed by atoms with van der Waals surface area (Å²) in [4.78, 5) is 14.8. The van der Waals surface area contributed by atoms with Crippen molar-refractivity contribution in [1.82, 2.24) is 0 Å². The van der Waals surface area contributed by atoms with Crippen molar-refractivity contribution < 1.29 is 28.1 Å². The molecule has 0 saturated carbocycles. The van der Waals surface area contributed by atoms with Crippen LogP contribution >= 0.6 is 0 Å². The Morgan fingerprint density at radius 2 is 1.67 bits per heavy atom. The van der Waals surface area contributed by atoms with Crippen molar-refractivity contribution >= 4 is 11.6 Å². The van der Waals surface area contributed by atoms with Gasteiger partial charge in [0.25, 0.3) is 5.91 Å². The number of piperazine rings is 1. The maximum absolute atomic E-state index is 13.2. The third-order valence-electron chi connectivity index (χ3n) is 4.89. The van der Waals surface area contributed by atoms with Crippen molar-refractivity contribution in [2.24, 2.45) is 0 Å². The van der Waals surface area contributed by atoms with E-state index in [1.165, 1.54) is 21.4 Å². The molecule has 1 aliphatic rings. The van der Waals surface area contributed by atoms with Crippen LogP contribution in [0.15, 0.2) is 42.5 Å². The molecule has 27 heavy (non-hydrogen) atoms. The Morgan fingerprint density at radius 3 is 2.30 bits per heavy atom. The highest BCUT2D eigenvalue weighted by Crippen LogP contribution is 2.12. The molecule has 1 amide bonds. The number of anilines is 1. The maximum Gasteiger partial charge on any atom is 0.279 e. The van der Waals surface area contributed by atoms with Gasteiger partial charge in [0.15, 0.2) is 18.2 Å². The lowest BCUT2D eigenvalue weighted by atomic mass is 10.2. The van der Waals surface area contributed by atoms with Gasteiger partial charge < -0.3 is 19.9 Å². The van der Waals surface area contributed by atoms with E-state index in [1.807, 2.05) is 12.1 Å². The maximum atomic E-state index is 13.2. The number of quaternary nitrogens is 2. The predicted octanol–water partition coefficient (Wildman–Crippen LogP) is -0.104. The molecule has 1 saturated heterocycles. The fourth-order valence-corrected chi connectivity index (χ4v) is 3.35. The van der Waals surface area contributed by atoms with E-state index in [0.717, 1.165) is 50.6 Å². The van der Waals surface area contributed by atoms with Crippen LogP contribution in [0.25, 0.3) is 0 Å². The molecule has 1 aliphatic heterocycles. The Morgan fingerprint density at radius 1 is 1.00 bits per heavy atom. The Hall–Kier alpha value is -2.51. The SMILES string of the molecule is COc1ccc(C[NH+]2CC[NH+](CC(=O)Nc3ccc(F)c(F)c3)CC2)cc1. The van der Waals surface area contributed by atoms with Crippen LogP contribution in [-0.4, -0.2) is 45.7 Å². The van der Waals surface area contributed by atoms with Crippen molar-refractivity contribution in [3.8, 4) is 5.75 Å². The van der Waals surface area contributed by atoms with E-state index in [0.29, 0.717) is 6.54 Å². The van der Waals surface area contributed by atoms with Crippen molar-refractivity contribution in [1.29, 1.82) is 0 Å². The van der Waals surface area contributed by atoms with Crippen LogP contribution in [0, 0.1) is 11.6 Å². The molecule has 0 unspecified atom stereocenters. The summed E-state index contributed by atoms with van der Waals surface area (Å²) >= 11 is 0. The molecule has 0 bridgehead atoms. The molecule has 144 valence electrons. The zero-order valence-electron chi connectivity index (χ0n) is 15.4. The second-order valence-electron chi connectivity index (χ2n) is 6.88. The van der Waals surface area contributed by atoms with Gasteiger partial charge in [-0.3, -0.25) is 4.79 Å². The zero-order valence-corrected chi connectivity index (χ0v) is 15.4. The average molecular weight is 377 g/mol. The minimum atomic E-state index is -0.962. The van der Waals surface area contributed by atoms with E-state index in [2.05, 4.69) is 17.4 Å². The Bertz CT molecular complexity index is 775. The number of rotatable bonds is 6. The van der Waals surface area contributed by atoms with Crippen molar-refractivity contribution in [3.05, 3.63) is 59.7 Å². The molecule has 0 atom stereocenters. The first-order valence-corrected chi connectivity index (χ1v) is 9.08. The smallest absolute Gasteiger partial charge is 0.279 e. The van der Waals surface area contributed by atoms with Crippen LogP contribution in [0.1, 0.15) is 5.56 Å². The van der Waals surface area contributed by atoms with Gasteiger partial charge in [0.1, 0.15) is 38.5 Å². The molecule has 1 fully saturated rings. The molecule has 3 N–H and O–H groups in total. The number of benzene rings is 2. The fraction of sp³-hybridized carbons (Fsp3) is 0.350. The van der Waals surface area contributed by atoms with Crippen molar-refractivity contribution in [2.45, 2.75) is 6.54 Å². The standard InChI is InChI=1S/C20H23F2N3O2/c1-27-17-5-2-15(3-6-17)13-24-8-10-25(11-9-24)14-20(26)23-16-4-7-18(21)19(22)12-16/h2-7,12H,8-11,13-14H2,1H3,(H,23,26)/p+2. The summed E-state index contributed by atoms with van der Waals surface area (Å²) in [5.74, 6) is -1.21. The lowest BCUT2D eigenvalue weighted by Crippen LogP contribution is -3.28. The lowest BCUT2D eigenvalue weighted by molar-refractivity contribution is -1.02. The van der Waals surface area contributed by atoms with Gasteiger partial charge in [0.05, 0.1) is 7.11 Å². The largest absolute Gasteiger partial charge is 0.497 e. The minimum absolute atomic E-state index is 0.186. The third kappa shape index (κ3) is 5.48. The normalized spacial score (nSPS) is 19.5. The highest BCUT2D eigenvalue weighted by Gasteiger charge is 2.25. The molecule has 5 nitrogen and oxygen atoms in total. The molecule has 0 radical (unpaired) electrons. The van der Waals surface area contributed by atoms with E-state index in [4.69, 9.17) is 4.74 Å². The van der Waals surface area contributed by atoms with Gasteiger partial charge in [0.2, 0.25) is 0 Å². The van der Waals surface area contributed by atoms with E-state index in [9.17, 15) is 13.6 Å². The molecule has 0 aromatic heterocycles. The first-order chi connectivity index (χ1) is 13.0. The number of carbonyl (C=O) groups is 1. The highest BCUT2D eigenvalue weighted by molar-refractivity contribution is 5.91. The van der Waals surface area contributed by atoms with E-state index < -0.39 is 11.6 Å². The monoisotopic (exact) mass is 377 g/mol. The van der Waals surface area contributed by atoms with Crippen LogP contribution in [0.3, 0.4) is 0 Å². The number of ether oxygens (including phenoxy) is 1. The van der Waals surface area contributed by atoms with E-state index in [-0.39, 0.29) is 11.6 Å². The van der Waals surface area contributed by atoms with Gasteiger partial charge in [-0.2, -0.15) is 0 Å². The Balaban J connectivity index is 1.43. The molecule has 2 aromatic carbocycles. The predicted molar refractivity (Wildman–Crippen MR) is 97.9 cm³/mol. The average Bonchev–Trinajstić information content (AvgIpc) is 2.67. The van der Waals surface area contributed by atoms with Crippen LogP contribution in [-0.2, 0) is 11.3 Å². The third-order valence-corrected chi connectivity index (χ3v) is 4.89. The molecule has 3 rings (SSSR count). The zero-order chi connectivity index (χ0) is 19.2. The Labute approximate surface area is 157 Å².